The van der Waals surface area contributed by atoms with E-state index in [9.17, 15) is 9.18 Å². The zero-order valence-electron chi connectivity index (χ0n) is 16.6. The summed E-state index contributed by atoms with van der Waals surface area (Å²) in [7, 11) is 0. The highest BCUT2D eigenvalue weighted by molar-refractivity contribution is 6.30. The maximum atomic E-state index is 14.0. The van der Waals surface area contributed by atoms with Gasteiger partial charge in [0, 0.05) is 23.0 Å². The van der Waals surface area contributed by atoms with Crippen molar-refractivity contribution in [3.8, 4) is 0 Å². The molecule has 1 heterocycles. The van der Waals surface area contributed by atoms with Crippen LogP contribution in [0.15, 0.2) is 42.5 Å². The summed E-state index contributed by atoms with van der Waals surface area (Å²) in [6.45, 7) is 6.32. The smallest absolute Gasteiger partial charge is 0.223 e. The summed E-state index contributed by atoms with van der Waals surface area (Å²) < 4.78 is 14.0. The molecule has 5 heteroatoms. The second-order valence-corrected chi connectivity index (χ2v) is 8.05. The Morgan fingerprint density at radius 1 is 1.25 bits per heavy atom. The summed E-state index contributed by atoms with van der Waals surface area (Å²) in [5, 5.41) is 3.65. The number of aryl methyl sites for hydroxylation is 1. The minimum absolute atomic E-state index is 0.0179. The van der Waals surface area contributed by atoms with Crippen molar-refractivity contribution in [1.82, 2.24) is 10.2 Å². The second-order valence-electron chi connectivity index (χ2n) is 7.61. The SMILES string of the molecule is CC[C@@H](NC(=O)C1CCN(Cc2ccc(Cl)cc2F)CC1)c1ccccc1C. The van der Waals surface area contributed by atoms with E-state index in [4.69, 9.17) is 11.6 Å². The Morgan fingerprint density at radius 2 is 1.96 bits per heavy atom. The summed E-state index contributed by atoms with van der Waals surface area (Å²) in [6, 6.07) is 13.1. The molecule has 2 aromatic rings. The Morgan fingerprint density at radius 3 is 2.61 bits per heavy atom. The third-order valence-corrected chi connectivity index (χ3v) is 5.89. The maximum absolute atomic E-state index is 14.0. The van der Waals surface area contributed by atoms with Gasteiger partial charge in [-0.3, -0.25) is 9.69 Å². The molecule has 0 spiro atoms. The molecule has 1 saturated heterocycles. The highest BCUT2D eigenvalue weighted by atomic mass is 35.5. The number of hydrogen-bond acceptors (Lipinski definition) is 2. The lowest BCUT2D eigenvalue weighted by molar-refractivity contribution is -0.127. The van der Waals surface area contributed by atoms with Crippen LogP contribution >= 0.6 is 11.6 Å². The number of nitrogens with zero attached hydrogens (tertiary/aromatic N) is 1. The Labute approximate surface area is 171 Å². The van der Waals surface area contributed by atoms with Gasteiger partial charge in [0.15, 0.2) is 0 Å². The normalized spacial score (nSPS) is 16.7. The zero-order valence-corrected chi connectivity index (χ0v) is 17.3. The third-order valence-electron chi connectivity index (χ3n) is 5.66. The second kappa shape index (κ2) is 9.53. The molecule has 150 valence electrons. The molecule has 0 unspecified atom stereocenters. The summed E-state index contributed by atoms with van der Waals surface area (Å²) in [5.41, 5.74) is 3.04. The molecule has 0 radical (unpaired) electrons. The predicted octanol–water partition coefficient (Wildman–Crippen LogP) is 5.27. The van der Waals surface area contributed by atoms with Crippen LogP contribution in [-0.4, -0.2) is 23.9 Å². The highest BCUT2D eigenvalue weighted by Crippen LogP contribution is 2.25. The fourth-order valence-corrected chi connectivity index (χ4v) is 4.07. The minimum Gasteiger partial charge on any atom is -0.349 e. The van der Waals surface area contributed by atoms with Gasteiger partial charge >= 0.3 is 0 Å². The lowest BCUT2D eigenvalue weighted by Gasteiger charge is -2.32. The van der Waals surface area contributed by atoms with Crippen molar-refractivity contribution in [3.05, 3.63) is 70.0 Å². The number of rotatable bonds is 6. The van der Waals surface area contributed by atoms with Gasteiger partial charge in [-0.05, 0) is 62.5 Å². The lowest BCUT2D eigenvalue weighted by Crippen LogP contribution is -2.41. The highest BCUT2D eigenvalue weighted by Gasteiger charge is 2.27. The van der Waals surface area contributed by atoms with E-state index in [2.05, 4.69) is 36.2 Å². The van der Waals surface area contributed by atoms with Crippen LogP contribution in [0.4, 0.5) is 4.39 Å². The van der Waals surface area contributed by atoms with Crippen LogP contribution in [0.3, 0.4) is 0 Å². The molecule has 0 aliphatic carbocycles. The fourth-order valence-electron chi connectivity index (χ4n) is 3.91. The van der Waals surface area contributed by atoms with E-state index in [1.165, 1.54) is 17.2 Å². The quantitative estimate of drug-likeness (QED) is 0.714. The third kappa shape index (κ3) is 5.12. The van der Waals surface area contributed by atoms with Gasteiger partial charge in [-0.1, -0.05) is 48.9 Å². The largest absolute Gasteiger partial charge is 0.349 e. The summed E-state index contributed by atoms with van der Waals surface area (Å²) >= 11 is 5.82. The summed E-state index contributed by atoms with van der Waals surface area (Å²) in [6.07, 6.45) is 2.46. The zero-order chi connectivity index (χ0) is 20.1. The fraction of sp³-hybridized carbons (Fsp3) is 0.435. The minimum atomic E-state index is -0.267. The van der Waals surface area contributed by atoms with Crippen LogP contribution in [0.5, 0.6) is 0 Å². The maximum Gasteiger partial charge on any atom is 0.223 e. The molecule has 1 N–H and O–H groups in total. The average Bonchev–Trinajstić information content (AvgIpc) is 2.69. The van der Waals surface area contributed by atoms with E-state index in [-0.39, 0.29) is 23.7 Å². The van der Waals surface area contributed by atoms with Crippen molar-refractivity contribution in [2.24, 2.45) is 5.92 Å². The molecule has 3 nitrogen and oxygen atoms in total. The number of halogens is 2. The predicted molar refractivity (Wildman–Crippen MR) is 112 cm³/mol. The van der Waals surface area contributed by atoms with Crippen LogP contribution in [0.1, 0.15) is 48.9 Å². The van der Waals surface area contributed by atoms with Crippen LogP contribution in [-0.2, 0) is 11.3 Å². The van der Waals surface area contributed by atoms with Crippen molar-refractivity contribution in [3.63, 3.8) is 0 Å². The standard InChI is InChI=1S/C23H28ClFN2O/c1-3-22(20-7-5-4-6-16(20)2)26-23(28)17-10-12-27(13-11-17)15-18-8-9-19(24)14-21(18)25/h4-9,14,17,22H,3,10-13,15H2,1-2H3,(H,26,28)/t22-/m1/s1. The first-order valence-electron chi connectivity index (χ1n) is 10.00. The number of benzene rings is 2. The van der Waals surface area contributed by atoms with Crippen LogP contribution in [0.2, 0.25) is 5.02 Å². The van der Waals surface area contributed by atoms with Crippen molar-refractivity contribution < 1.29 is 9.18 Å². The molecule has 0 saturated carbocycles. The Balaban J connectivity index is 1.54. The van der Waals surface area contributed by atoms with Crippen molar-refractivity contribution in [2.75, 3.05) is 13.1 Å². The van der Waals surface area contributed by atoms with Crippen LogP contribution in [0.25, 0.3) is 0 Å². The van der Waals surface area contributed by atoms with E-state index in [1.54, 1.807) is 12.1 Å². The number of carbonyl (C=O) groups is 1. The van der Waals surface area contributed by atoms with Crippen LogP contribution in [0, 0.1) is 18.7 Å². The topological polar surface area (TPSA) is 32.3 Å². The molecule has 1 aliphatic rings. The first kappa shape index (κ1) is 20.8. The molecule has 28 heavy (non-hydrogen) atoms. The van der Waals surface area contributed by atoms with Crippen molar-refractivity contribution in [1.29, 1.82) is 0 Å². The molecule has 0 bridgehead atoms. The van der Waals surface area contributed by atoms with Gasteiger partial charge in [0.25, 0.3) is 0 Å². The first-order valence-corrected chi connectivity index (χ1v) is 10.4. The number of hydrogen-bond donors (Lipinski definition) is 1. The Kier molecular flexibility index (Phi) is 7.08. The molecule has 3 rings (SSSR count). The molecule has 2 aromatic carbocycles. The first-order chi connectivity index (χ1) is 13.5. The van der Waals surface area contributed by atoms with E-state index in [1.807, 2.05) is 12.1 Å². The van der Waals surface area contributed by atoms with Gasteiger partial charge in [-0.2, -0.15) is 0 Å². The molecule has 1 aliphatic heterocycles. The number of amides is 1. The van der Waals surface area contributed by atoms with Gasteiger partial charge < -0.3 is 5.32 Å². The Hall–Kier alpha value is -1.91. The van der Waals surface area contributed by atoms with Gasteiger partial charge in [0.1, 0.15) is 5.82 Å². The summed E-state index contributed by atoms with van der Waals surface area (Å²) in [5.74, 6) is -0.117. The van der Waals surface area contributed by atoms with Crippen LogP contribution < -0.4 is 5.32 Å². The van der Waals surface area contributed by atoms with Gasteiger partial charge in [-0.15, -0.1) is 0 Å². The van der Waals surface area contributed by atoms with E-state index in [0.717, 1.165) is 32.4 Å². The molecule has 1 fully saturated rings. The van der Waals surface area contributed by atoms with E-state index < -0.39 is 0 Å². The van der Waals surface area contributed by atoms with E-state index in [0.29, 0.717) is 17.1 Å². The Bertz CT molecular complexity index is 818. The lowest BCUT2D eigenvalue weighted by atomic mass is 9.93. The van der Waals surface area contributed by atoms with Gasteiger partial charge in [-0.25, -0.2) is 4.39 Å². The van der Waals surface area contributed by atoms with Crippen molar-refractivity contribution >= 4 is 17.5 Å². The molecular formula is C23H28ClFN2O. The number of nitrogens with one attached hydrogen (secondary N) is 1. The average molecular weight is 403 g/mol. The van der Waals surface area contributed by atoms with Gasteiger partial charge in [0.2, 0.25) is 5.91 Å². The monoisotopic (exact) mass is 402 g/mol. The number of likely N-dealkylation sites (tertiary alicyclic amines) is 1. The molecule has 1 amide bonds. The summed E-state index contributed by atoms with van der Waals surface area (Å²) in [4.78, 5) is 15.0. The van der Waals surface area contributed by atoms with E-state index >= 15 is 0 Å². The van der Waals surface area contributed by atoms with Gasteiger partial charge in [0.05, 0.1) is 6.04 Å². The molecular weight excluding hydrogens is 375 g/mol. The number of carbonyl (C=O) groups excluding carboxylic acids is 1. The number of piperidine rings is 1. The molecule has 0 aromatic heterocycles. The molecule has 1 atom stereocenters. The van der Waals surface area contributed by atoms with Crippen molar-refractivity contribution in [2.45, 2.75) is 45.7 Å².